The first-order valence-electron chi connectivity index (χ1n) is 6.05. The standard InChI is InChI=1S/C12H8F5N3O3S/c1-22-7-4-5(2-3-6(7)23-10(13)14)8(21)18-11-20-19-9(24-11)12(15,16)17/h2-4,10H,1H3,(H,18,20,21). The molecule has 0 bridgehead atoms. The Morgan fingerprint density at radius 1 is 1.25 bits per heavy atom. The molecule has 0 unspecified atom stereocenters. The van der Waals surface area contributed by atoms with Crippen LogP contribution in [0.15, 0.2) is 18.2 Å². The summed E-state index contributed by atoms with van der Waals surface area (Å²) in [5.74, 6) is -1.25. The lowest BCUT2D eigenvalue weighted by Gasteiger charge is -2.11. The minimum atomic E-state index is -4.67. The largest absolute Gasteiger partial charge is 0.493 e. The quantitative estimate of drug-likeness (QED) is 0.818. The van der Waals surface area contributed by atoms with E-state index in [2.05, 4.69) is 20.3 Å². The predicted octanol–water partition coefficient (Wildman–Crippen LogP) is 3.42. The summed E-state index contributed by atoms with van der Waals surface area (Å²) in [6.45, 7) is -3.08. The van der Waals surface area contributed by atoms with Gasteiger partial charge in [-0.1, -0.05) is 11.3 Å². The van der Waals surface area contributed by atoms with E-state index in [1.54, 1.807) is 0 Å². The molecule has 0 fully saturated rings. The highest BCUT2D eigenvalue weighted by Crippen LogP contribution is 2.33. The monoisotopic (exact) mass is 369 g/mol. The van der Waals surface area contributed by atoms with Gasteiger partial charge in [-0.15, -0.1) is 10.2 Å². The summed E-state index contributed by atoms with van der Waals surface area (Å²) in [5.41, 5.74) is -0.0581. The molecule has 2 aromatic rings. The Balaban J connectivity index is 2.16. The minimum Gasteiger partial charge on any atom is -0.493 e. The van der Waals surface area contributed by atoms with Crippen LogP contribution in [-0.2, 0) is 6.18 Å². The molecule has 1 heterocycles. The van der Waals surface area contributed by atoms with Crippen LogP contribution in [0.25, 0.3) is 0 Å². The molecule has 2 rings (SSSR count). The summed E-state index contributed by atoms with van der Waals surface area (Å²) in [4.78, 5) is 12.0. The number of rotatable bonds is 5. The molecular formula is C12H8F5N3O3S. The molecule has 12 heteroatoms. The number of alkyl halides is 5. The van der Waals surface area contributed by atoms with E-state index in [0.717, 1.165) is 18.2 Å². The van der Waals surface area contributed by atoms with Gasteiger partial charge in [-0.3, -0.25) is 10.1 Å². The molecule has 0 spiro atoms. The van der Waals surface area contributed by atoms with E-state index in [1.807, 2.05) is 0 Å². The maximum atomic E-state index is 12.4. The van der Waals surface area contributed by atoms with Crippen molar-refractivity contribution in [1.29, 1.82) is 0 Å². The zero-order chi connectivity index (χ0) is 17.9. The Kier molecular flexibility index (Phi) is 5.17. The van der Waals surface area contributed by atoms with Crippen LogP contribution in [0.2, 0.25) is 0 Å². The molecule has 0 saturated heterocycles. The Hall–Kier alpha value is -2.50. The van der Waals surface area contributed by atoms with Crippen LogP contribution >= 0.6 is 11.3 Å². The van der Waals surface area contributed by atoms with Crippen LogP contribution in [0.4, 0.5) is 27.1 Å². The number of ether oxygens (including phenoxy) is 2. The third-order valence-electron chi connectivity index (χ3n) is 2.53. The normalized spacial score (nSPS) is 11.5. The second kappa shape index (κ2) is 6.95. The average Bonchev–Trinajstić information content (AvgIpc) is 2.95. The molecule has 1 N–H and O–H groups in total. The van der Waals surface area contributed by atoms with E-state index in [-0.39, 0.29) is 33.5 Å². The molecule has 0 radical (unpaired) electrons. The van der Waals surface area contributed by atoms with Gasteiger partial charge in [0.1, 0.15) is 0 Å². The molecule has 24 heavy (non-hydrogen) atoms. The Morgan fingerprint density at radius 2 is 1.96 bits per heavy atom. The number of methoxy groups -OCH3 is 1. The van der Waals surface area contributed by atoms with Gasteiger partial charge in [0.2, 0.25) is 10.1 Å². The van der Waals surface area contributed by atoms with Gasteiger partial charge in [0.15, 0.2) is 11.5 Å². The fourth-order valence-corrected chi connectivity index (χ4v) is 2.17. The van der Waals surface area contributed by atoms with Gasteiger partial charge in [0.25, 0.3) is 5.91 Å². The van der Waals surface area contributed by atoms with Gasteiger partial charge >= 0.3 is 12.8 Å². The number of nitrogens with one attached hydrogen (secondary N) is 1. The summed E-state index contributed by atoms with van der Waals surface area (Å²) >= 11 is 0.150. The lowest BCUT2D eigenvalue weighted by Crippen LogP contribution is -2.12. The van der Waals surface area contributed by atoms with Crippen molar-refractivity contribution in [3.05, 3.63) is 28.8 Å². The first-order valence-corrected chi connectivity index (χ1v) is 6.87. The smallest absolute Gasteiger partial charge is 0.445 e. The maximum absolute atomic E-state index is 12.4. The van der Waals surface area contributed by atoms with Crippen molar-refractivity contribution in [2.75, 3.05) is 12.4 Å². The molecule has 0 saturated carbocycles. The molecule has 0 atom stereocenters. The highest BCUT2D eigenvalue weighted by molar-refractivity contribution is 7.15. The molecule has 130 valence electrons. The van der Waals surface area contributed by atoms with E-state index in [4.69, 9.17) is 4.74 Å². The molecule has 1 amide bonds. The lowest BCUT2D eigenvalue weighted by molar-refractivity contribution is -0.138. The van der Waals surface area contributed by atoms with Crippen LogP contribution in [-0.4, -0.2) is 29.8 Å². The van der Waals surface area contributed by atoms with E-state index in [9.17, 15) is 26.7 Å². The average molecular weight is 369 g/mol. The highest BCUT2D eigenvalue weighted by atomic mass is 32.1. The summed E-state index contributed by atoms with van der Waals surface area (Å²) in [7, 11) is 1.18. The van der Waals surface area contributed by atoms with Crippen LogP contribution in [0.5, 0.6) is 11.5 Å². The number of benzene rings is 1. The highest BCUT2D eigenvalue weighted by Gasteiger charge is 2.35. The van der Waals surface area contributed by atoms with Crippen molar-refractivity contribution in [3.8, 4) is 11.5 Å². The molecule has 0 aliphatic carbocycles. The summed E-state index contributed by atoms with van der Waals surface area (Å²) in [5, 5.41) is 6.67. The number of hydrogen-bond acceptors (Lipinski definition) is 6. The van der Waals surface area contributed by atoms with Gasteiger partial charge in [-0.2, -0.15) is 22.0 Å². The number of anilines is 1. The molecule has 0 aliphatic rings. The number of hydrogen-bond donors (Lipinski definition) is 1. The Morgan fingerprint density at radius 3 is 2.50 bits per heavy atom. The molecule has 1 aromatic heterocycles. The third kappa shape index (κ3) is 4.28. The van der Waals surface area contributed by atoms with Crippen LogP contribution in [0.3, 0.4) is 0 Å². The van der Waals surface area contributed by atoms with Crippen molar-refractivity contribution in [2.24, 2.45) is 0 Å². The van der Waals surface area contributed by atoms with E-state index in [1.165, 1.54) is 7.11 Å². The summed E-state index contributed by atoms with van der Waals surface area (Å²) in [6, 6.07) is 3.31. The zero-order valence-electron chi connectivity index (χ0n) is 11.7. The van der Waals surface area contributed by atoms with Crippen molar-refractivity contribution in [1.82, 2.24) is 10.2 Å². The fraction of sp³-hybridized carbons (Fsp3) is 0.250. The van der Waals surface area contributed by atoms with E-state index >= 15 is 0 Å². The number of aromatic nitrogens is 2. The number of amides is 1. The molecule has 1 aromatic carbocycles. The molecular weight excluding hydrogens is 361 g/mol. The summed E-state index contributed by atoms with van der Waals surface area (Å²) in [6.07, 6.45) is -4.67. The zero-order valence-corrected chi connectivity index (χ0v) is 12.5. The predicted molar refractivity (Wildman–Crippen MR) is 72.5 cm³/mol. The first kappa shape index (κ1) is 17.8. The second-order valence-corrected chi connectivity index (χ2v) is 5.09. The van der Waals surface area contributed by atoms with Crippen molar-refractivity contribution in [2.45, 2.75) is 12.8 Å². The summed E-state index contributed by atoms with van der Waals surface area (Å²) < 4.78 is 70.7. The minimum absolute atomic E-state index is 0.0581. The third-order valence-corrected chi connectivity index (χ3v) is 3.41. The Labute approximate surface area is 135 Å². The van der Waals surface area contributed by atoms with Crippen LogP contribution in [0, 0.1) is 0 Å². The topological polar surface area (TPSA) is 73.3 Å². The van der Waals surface area contributed by atoms with Crippen LogP contribution < -0.4 is 14.8 Å². The van der Waals surface area contributed by atoms with Gasteiger partial charge < -0.3 is 9.47 Å². The number of halogens is 5. The van der Waals surface area contributed by atoms with E-state index < -0.39 is 23.7 Å². The second-order valence-electron chi connectivity index (χ2n) is 4.11. The van der Waals surface area contributed by atoms with Gasteiger partial charge in [-0.05, 0) is 18.2 Å². The maximum Gasteiger partial charge on any atom is 0.445 e. The lowest BCUT2D eigenvalue weighted by atomic mass is 10.2. The van der Waals surface area contributed by atoms with Crippen LogP contribution in [0.1, 0.15) is 15.4 Å². The van der Waals surface area contributed by atoms with Crippen molar-refractivity contribution in [3.63, 3.8) is 0 Å². The number of nitrogens with zero attached hydrogens (tertiary/aromatic N) is 2. The van der Waals surface area contributed by atoms with Gasteiger partial charge in [-0.25, -0.2) is 0 Å². The van der Waals surface area contributed by atoms with E-state index in [0.29, 0.717) is 0 Å². The number of carbonyl (C=O) groups is 1. The van der Waals surface area contributed by atoms with Gasteiger partial charge in [0, 0.05) is 5.56 Å². The SMILES string of the molecule is COc1cc(C(=O)Nc2nnc(C(F)(F)F)s2)ccc1OC(F)F. The van der Waals surface area contributed by atoms with Crippen molar-refractivity contribution < 1.29 is 36.2 Å². The molecule has 6 nitrogen and oxygen atoms in total. The molecule has 0 aliphatic heterocycles. The van der Waals surface area contributed by atoms with Gasteiger partial charge in [0.05, 0.1) is 7.11 Å². The number of carbonyl (C=O) groups excluding carboxylic acids is 1. The first-order chi connectivity index (χ1) is 11.2. The Bertz CT molecular complexity index is 735. The fourth-order valence-electron chi connectivity index (χ4n) is 1.56. The van der Waals surface area contributed by atoms with Crippen molar-refractivity contribution >= 4 is 22.4 Å².